The van der Waals surface area contributed by atoms with E-state index in [-0.39, 0.29) is 17.3 Å². The Morgan fingerprint density at radius 3 is 2.92 bits per heavy atom. The van der Waals surface area contributed by atoms with Crippen molar-refractivity contribution in [2.24, 2.45) is 11.8 Å². The Bertz CT molecular complexity index is 817. The maximum Gasteiger partial charge on any atom is 0.335 e. The predicted octanol–water partition coefficient (Wildman–Crippen LogP) is 2.92. The fourth-order valence-electron chi connectivity index (χ4n) is 6.41. The van der Waals surface area contributed by atoms with Crippen molar-refractivity contribution < 1.29 is 14.3 Å². The van der Waals surface area contributed by atoms with Crippen LogP contribution >= 0.6 is 0 Å². The van der Waals surface area contributed by atoms with Gasteiger partial charge in [-0.25, -0.2) is 4.79 Å². The van der Waals surface area contributed by atoms with Gasteiger partial charge in [0.05, 0.1) is 30.9 Å². The summed E-state index contributed by atoms with van der Waals surface area (Å²) in [7, 11) is 3.21. The average Bonchev–Trinajstić information content (AvgIpc) is 3.24. The Kier molecular flexibility index (Phi) is 3.42. The number of anilines is 1. The molecule has 4 aliphatic rings. The van der Waals surface area contributed by atoms with E-state index in [0.29, 0.717) is 12.0 Å². The molecular formula is C21H26N2O3. The number of para-hydroxylation sites is 1. The first-order valence-electron chi connectivity index (χ1n) is 9.68. The third kappa shape index (κ3) is 1.72. The Balaban J connectivity index is 1.83. The molecule has 2 bridgehead atoms. The van der Waals surface area contributed by atoms with Crippen LogP contribution in [0.4, 0.5) is 5.69 Å². The number of carbonyl (C=O) groups is 1. The molecule has 1 aliphatic carbocycles. The van der Waals surface area contributed by atoms with Crippen LogP contribution < -0.4 is 10.1 Å². The molecular weight excluding hydrogens is 328 g/mol. The summed E-state index contributed by atoms with van der Waals surface area (Å²) in [5, 5.41) is 3.64. The molecule has 3 heterocycles. The van der Waals surface area contributed by atoms with Gasteiger partial charge in [-0.05, 0) is 49.4 Å². The minimum absolute atomic E-state index is 0.134. The fraction of sp³-hybridized carbons (Fsp3) is 0.571. The molecule has 5 heteroatoms. The number of hydrogen-bond acceptors (Lipinski definition) is 5. The van der Waals surface area contributed by atoms with Crippen LogP contribution in [0.3, 0.4) is 0 Å². The standard InChI is InChI=1S/C21H26N2O3/c1-4-12-13-8-10-23-11-9-21(19(12)23)14-6-5-7-15(25-2)17(14)22-18(21)16(13)20(24)26-3/h5-7,12-13,19,22H,4,8-11H2,1-3H3. The van der Waals surface area contributed by atoms with Crippen molar-refractivity contribution in [2.45, 2.75) is 37.6 Å². The number of benzene rings is 1. The molecule has 5 rings (SSSR count). The normalized spacial score (nSPS) is 34.2. The molecule has 0 aromatic heterocycles. The highest BCUT2D eigenvalue weighted by Gasteiger charge is 2.64. The van der Waals surface area contributed by atoms with Crippen molar-refractivity contribution in [1.29, 1.82) is 0 Å². The second kappa shape index (κ2) is 5.49. The van der Waals surface area contributed by atoms with Gasteiger partial charge >= 0.3 is 5.97 Å². The molecule has 1 N–H and O–H groups in total. The third-order valence-corrected chi connectivity index (χ3v) is 7.28. The minimum atomic E-state index is -0.166. The van der Waals surface area contributed by atoms with Crippen LogP contribution in [0.15, 0.2) is 29.5 Å². The van der Waals surface area contributed by atoms with E-state index in [1.807, 2.05) is 6.07 Å². The molecule has 0 radical (unpaired) electrons. The van der Waals surface area contributed by atoms with E-state index in [1.165, 1.54) is 12.7 Å². The summed E-state index contributed by atoms with van der Waals surface area (Å²) in [6.45, 7) is 4.42. The largest absolute Gasteiger partial charge is 0.495 e. The second-order valence-electron chi connectivity index (χ2n) is 7.96. The van der Waals surface area contributed by atoms with Gasteiger partial charge in [0.25, 0.3) is 0 Å². The Hall–Kier alpha value is -2.01. The van der Waals surface area contributed by atoms with Gasteiger partial charge in [0.1, 0.15) is 5.75 Å². The lowest BCUT2D eigenvalue weighted by atomic mass is 9.57. The lowest BCUT2D eigenvalue weighted by molar-refractivity contribution is -0.138. The van der Waals surface area contributed by atoms with Crippen molar-refractivity contribution in [2.75, 3.05) is 32.6 Å². The first-order valence-corrected chi connectivity index (χ1v) is 9.68. The molecule has 1 spiro atoms. The number of hydrogen-bond donors (Lipinski definition) is 1. The average molecular weight is 354 g/mol. The fourth-order valence-corrected chi connectivity index (χ4v) is 6.41. The van der Waals surface area contributed by atoms with Crippen molar-refractivity contribution in [3.8, 4) is 5.75 Å². The number of nitrogens with zero attached hydrogens (tertiary/aromatic N) is 1. The highest BCUT2D eigenvalue weighted by Crippen LogP contribution is 2.63. The third-order valence-electron chi connectivity index (χ3n) is 7.28. The van der Waals surface area contributed by atoms with E-state index in [4.69, 9.17) is 9.47 Å². The van der Waals surface area contributed by atoms with Crippen LogP contribution in [0.1, 0.15) is 31.7 Å². The van der Waals surface area contributed by atoms with Crippen molar-refractivity contribution >= 4 is 11.7 Å². The molecule has 1 aromatic carbocycles. The summed E-state index contributed by atoms with van der Waals surface area (Å²) in [5.41, 5.74) is 4.17. The van der Waals surface area contributed by atoms with Crippen LogP contribution in [0.5, 0.6) is 5.75 Å². The monoisotopic (exact) mass is 354 g/mol. The summed E-state index contributed by atoms with van der Waals surface area (Å²) < 4.78 is 10.9. The van der Waals surface area contributed by atoms with E-state index in [0.717, 1.165) is 55.1 Å². The zero-order valence-electron chi connectivity index (χ0n) is 15.7. The van der Waals surface area contributed by atoms with Crippen LogP contribution in [0, 0.1) is 11.8 Å². The van der Waals surface area contributed by atoms with Crippen LogP contribution in [0.2, 0.25) is 0 Å². The van der Waals surface area contributed by atoms with E-state index in [1.54, 1.807) is 7.11 Å². The second-order valence-corrected chi connectivity index (χ2v) is 7.96. The molecule has 0 amide bonds. The molecule has 0 saturated carbocycles. The molecule has 4 atom stereocenters. The van der Waals surface area contributed by atoms with E-state index in [2.05, 4.69) is 29.3 Å². The Morgan fingerprint density at radius 2 is 2.19 bits per heavy atom. The first kappa shape index (κ1) is 16.2. The molecule has 5 nitrogen and oxygen atoms in total. The minimum Gasteiger partial charge on any atom is -0.495 e. The molecule has 4 unspecified atom stereocenters. The topological polar surface area (TPSA) is 50.8 Å². The van der Waals surface area contributed by atoms with E-state index in [9.17, 15) is 4.79 Å². The van der Waals surface area contributed by atoms with Crippen LogP contribution in [0.25, 0.3) is 0 Å². The summed E-state index contributed by atoms with van der Waals surface area (Å²) in [5.74, 6) is 1.45. The molecule has 26 heavy (non-hydrogen) atoms. The molecule has 2 fully saturated rings. The Labute approximate surface area is 154 Å². The van der Waals surface area contributed by atoms with Gasteiger partial charge in [-0.2, -0.15) is 0 Å². The van der Waals surface area contributed by atoms with Crippen molar-refractivity contribution in [1.82, 2.24) is 4.90 Å². The summed E-state index contributed by atoms with van der Waals surface area (Å²) in [4.78, 5) is 15.5. The number of carbonyl (C=O) groups excluding carboxylic acids is 1. The number of piperidine rings is 1. The quantitative estimate of drug-likeness (QED) is 0.846. The highest BCUT2D eigenvalue weighted by molar-refractivity contribution is 5.94. The summed E-state index contributed by atoms with van der Waals surface area (Å²) in [6.07, 6.45) is 3.17. The number of esters is 1. The van der Waals surface area contributed by atoms with E-state index < -0.39 is 0 Å². The maximum absolute atomic E-state index is 12.9. The highest BCUT2D eigenvalue weighted by atomic mass is 16.5. The molecule has 3 aliphatic heterocycles. The van der Waals surface area contributed by atoms with Crippen LogP contribution in [-0.4, -0.2) is 44.2 Å². The van der Waals surface area contributed by atoms with Crippen LogP contribution in [-0.2, 0) is 14.9 Å². The van der Waals surface area contributed by atoms with Gasteiger partial charge < -0.3 is 14.8 Å². The van der Waals surface area contributed by atoms with Gasteiger partial charge in [0.15, 0.2) is 0 Å². The number of nitrogens with one attached hydrogen (secondary N) is 1. The smallest absolute Gasteiger partial charge is 0.335 e. The summed E-state index contributed by atoms with van der Waals surface area (Å²) in [6, 6.07) is 6.75. The zero-order chi connectivity index (χ0) is 18.1. The van der Waals surface area contributed by atoms with Gasteiger partial charge in [-0.3, -0.25) is 4.90 Å². The SMILES string of the molecule is CCC1C2CCN3CCC4(C(=C2C(=O)OC)Nc2c(OC)cccc24)C13. The van der Waals surface area contributed by atoms with Gasteiger partial charge in [0.2, 0.25) is 0 Å². The number of methoxy groups -OCH3 is 2. The molecule has 1 aromatic rings. The maximum atomic E-state index is 12.9. The van der Waals surface area contributed by atoms with E-state index >= 15 is 0 Å². The predicted molar refractivity (Wildman–Crippen MR) is 99.2 cm³/mol. The van der Waals surface area contributed by atoms with Gasteiger partial charge in [0, 0.05) is 11.7 Å². The number of fused-ring (bicyclic) bond motifs is 2. The number of ether oxygens (including phenoxy) is 2. The molecule has 138 valence electrons. The van der Waals surface area contributed by atoms with Gasteiger partial charge in [-0.1, -0.05) is 25.5 Å². The first-order chi connectivity index (χ1) is 12.7. The van der Waals surface area contributed by atoms with Crippen molar-refractivity contribution in [3.05, 3.63) is 35.0 Å². The molecule has 2 saturated heterocycles. The lowest BCUT2D eigenvalue weighted by Crippen LogP contribution is -2.58. The van der Waals surface area contributed by atoms with Gasteiger partial charge in [-0.15, -0.1) is 0 Å². The zero-order valence-corrected chi connectivity index (χ0v) is 15.7. The Morgan fingerprint density at radius 1 is 1.35 bits per heavy atom. The number of rotatable bonds is 3. The lowest BCUT2D eigenvalue weighted by Gasteiger charge is -2.52. The van der Waals surface area contributed by atoms with Crippen molar-refractivity contribution in [3.63, 3.8) is 0 Å². The summed E-state index contributed by atoms with van der Waals surface area (Å²) >= 11 is 0.